The molecule has 94 valence electrons. The van der Waals surface area contributed by atoms with Gasteiger partial charge in [-0.05, 0) is 30.2 Å². The van der Waals surface area contributed by atoms with Crippen LogP contribution in [0.5, 0.6) is 0 Å². The summed E-state index contributed by atoms with van der Waals surface area (Å²) in [6, 6.07) is 6.08. The fourth-order valence-corrected chi connectivity index (χ4v) is 2.84. The largest absolute Gasteiger partial charge is 0.465 e. The van der Waals surface area contributed by atoms with Gasteiger partial charge in [0, 0.05) is 4.88 Å². The van der Waals surface area contributed by atoms with Gasteiger partial charge in [-0.3, -0.25) is 0 Å². The molecule has 0 unspecified atom stereocenters. The monoisotopic (exact) mass is 265 g/mol. The number of thiophene rings is 1. The van der Waals surface area contributed by atoms with Crippen LogP contribution >= 0.6 is 11.3 Å². The second kappa shape index (κ2) is 4.78. The van der Waals surface area contributed by atoms with Gasteiger partial charge in [-0.2, -0.15) is 0 Å². The highest BCUT2D eigenvalue weighted by Crippen LogP contribution is 2.38. The molecular weight excluding hydrogens is 253 g/mol. The molecule has 1 aromatic heterocycles. The number of halogens is 1. The maximum absolute atomic E-state index is 12.9. The molecule has 0 aliphatic rings. The van der Waals surface area contributed by atoms with Crippen LogP contribution in [-0.2, 0) is 4.74 Å². The van der Waals surface area contributed by atoms with Gasteiger partial charge in [0.2, 0.25) is 0 Å². The number of benzene rings is 1. The van der Waals surface area contributed by atoms with Gasteiger partial charge in [-0.15, -0.1) is 11.3 Å². The molecule has 0 bridgehead atoms. The highest BCUT2D eigenvalue weighted by Gasteiger charge is 2.20. The average molecular weight is 265 g/mol. The summed E-state index contributed by atoms with van der Waals surface area (Å²) in [5.74, 6) is -0.747. The molecule has 0 amide bonds. The molecule has 0 atom stereocenters. The number of methoxy groups -OCH3 is 1. The Balaban J connectivity index is 2.53. The topological polar surface area (TPSA) is 52.3 Å². The third kappa shape index (κ3) is 2.09. The molecule has 0 aliphatic heterocycles. The van der Waals surface area contributed by atoms with E-state index in [0.29, 0.717) is 10.6 Å². The van der Waals surface area contributed by atoms with E-state index >= 15 is 0 Å². The Kier molecular flexibility index (Phi) is 3.34. The standard InChI is InChI=1S/C13H12FNO2S/c1-7-10(13(16)17-2)12(15)18-11(7)8-3-5-9(14)6-4-8/h3-6H,15H2,1-2H3. The normalized spacial score (nSPS) is 10.4. The van der Waals surface area contributed by atoms with Crippen molar-refractivity contribution >= 4 is 22.3 Å². The quantitative estimate of drug-likeness (QED) is 0.848. The molecule has 2 aromatic rings. The highest BCUT2D eigenvalue weighted by molar-refractivity contribution is 7.19. The fourth-order valence-electron chi connectivity index (χ4n) is 1.77. The van der Waals surface area contributed by atoms with Crippen LogP contribution in [0.3, 0.4) is 0 Å². The number of ether oxygens (including phenoxy) is 1. The lowest BCUT2D eigenvalue weighted by Crippen LogP contribution is -2.04. The summed E-state index contributed by atoms with van der Waals surface area (Å²) in [5.41, 5.74) is 7.81. The molecule has 0 aliphatic carbocycles. The number of esters is 1. The molecule has 18 heavy (non-hydrogen) atoms. The van der Waals surface area contributed by atoms with E-state index in [9.17, 15) is 9.18 Å². The molecule has 0 spiro atoms. The maximum atomic E-state index is 12.9. The summed E-state index contributed by atoms with van der Waals surface area (Å²) in [6.45, 7) is 1.80. The Hall–Kier alpha value is -1.88. The van der Waals surface area contributed by atoms with Crippen molar-refractivity contribution < 1.29 is 13.9 Å². The zero-order chi connectivity index (χ0) is 13.3. The SMILES string of the molecule is COC(=O)c1c(N)sc(-c2ccc(F)cc2)c1C. The fraction of sp³-hybridized carbons (Fsp3) is 0.154. The van der Waals surface area contributed by atoms with Crippen molar-refractivity contribution in [1.29, 1.82) is 0 Å². The van der Waals surface area contributed by atoms with E-state index in [1.54, 1.807) is 19.1 Å². The van der Waals surface area contributed by atoms with Gasteiger partial charge in [-0.1, -0.05) is 12.1 Å². The lowest BCUT2D eigenvalue weighted by atomic mass is 10.1. The first-order valence-corrected chi connectivity index (χ1v) is 6.09. The molecule has 2 N–H and O–H groups in total. The molecule has 3 nitrogen and oxygen atoms in total. The van der Waals surface area contributed by atoms with Crippen LogP contribution in [0, 0.1) is 12.7 Å². The molecule has 2 rings (SSSR count). The number of nitrogens with two attached hydrogens (primary N) is 1. The molecule has 5 heteroatoms. The first kappa shape index (κ1) is 12.6. The van der Waals surface area contributed by atoms with E-state index in [4.69, 9.17) is 10.5 Å². The first-order valence-electron chi connectivity index (χ1n) is 5.27. The predicted molar refractivity (Wildman–Crippen MR) is 70.2 cm³/mol. The molecule has 1 aromatic carbocycles. The molecular formula is C13H12FNO2S. The Morgan fingerprint density at radius 1 is 1.33 bits per heavy atom. The van der Waals surface area contributed by atoms with E-state index in [1.165, 1.54) is 30.6 Å². The van der Waals surface area contributed by atoms with Crippen molar-refractivity contribution in [2.24, 2.45) is 0 Å². The second-order valence-electron chi connectivity index (χ2n) is 3.79. The van der Waals surface area contributed by atoms with E-state index in [-0.39, 0.29) is 5.82 Å². The summed E-state index contributed by atoms with van der Waals surface area (Å²) >= 11 is 1.30. The summed E-state index contributed by atoms with van der Waals surface area (Å²) in [7, 11) is 1.32. The molecule has 1 heterocycles. The summed E-state index contributed by atoms with van der Waals surface area (Å²) in [4.78, 5) is 12.5. The highest BCUT2D eigenvalue weighted by atomic mass is 32.1. The van der Waals surface area contributed by atoms with Gasteiger partial charge < -0.3 is 10.5 Å². The maximum Gasteiger partial charge on any atom is 0.341 e. The van der Waals surface area contributed by atoms with Crippen molar-refractivity contribution in [3.05, 3.63) is 41.2 Å². The van der Waals surface area contributed by atoms with E-state index in [0.717, 1.165) is 16.0 Å². The number of hydrogen-bond acceptors (Lipinski definition) is 4. The zero-order valence-electron chi connectivity index (χ0n) is 9.99. The number of carbonyl (C=O) groups is 1. The van der Waals surface area contributed by atoms with Crippen LogP contribution in [0.15, 0.2) is 24.3 Å². The van der Waals surface area contributed by atoms with E-state index in [1.807, 2.05) is 0 Å². The minimum Gasteiger partial charge on any atom is -0.465 e. The second-order valence-corrected chi connectivity index (χ2v) is 4.85. The van der Waals surface area contributed by atoms with Gasteiger partial charge >= 0.3 is 5.97 Å². The Bertz CT molecular complexity index is 590. The zero-order valence-corrected chi connectivity index (χ0v) is 10.8. The van der Waals surface area contributed by atoms with Gasteiger partial charge in [-0.25, -0.2) is 9.18 Å². The average Bonchev–Trinajstić information content (AvgIpc) is 2.65. The summed E-state index contributed by atoms with van der Waals surface area (Å²) in [5, 5.41) is 0.415. The number of carbonyl (C=O) groups excluding carboxylic acids is 1. The van der Waals surface area contributed by atoms with Crippen molar-refractivity contribution in [2.45, 2.75) is 6.92 Å². The van der Waals surface area contributed by atoms with Crippen molar-refractivity contribution in [2.75, 3.05) is 12.8 Å². The number of hydrogen-bond donors (Lipinski definition) is 1. The lowest BCUT2D eigenvalue weighted by Gasteiger charge is -2.01. The minimum atomic E-state index is -0.449. The lowest BCUT2D eigenvalue weighted by molar-refractivity contribution is 0.0601. The van der Waals surface area contributed by atoms with Gasteiger partial charge in [0.1, 0.15) is 10.8 Å². The van der Waals surface area contributed by atoms with Crippen molar-refractivity contribution in [3.63, 3.8) is 0 Å². The Labute approximate surface area is 108 Å². The first-order chi connectivity index (χ1) is 8.54. The third-order valence-electron chi connectivity index (χ3n) is 2.67. The third-order valence-corrected chi connectivity index (χ3v) is 3.84. The smallest absolute Gasteiger partial charge is 0.341 e. The van der Waals surface area contributed by atoms with E-state index in [2.05, 4.69) is 0 Å². The number of rotatable bonds is 2. The Morgan fingerprint density at radius 2 is 1.94 bits per heavy atom. The minimum absolute atomic E-state index is 0.297. The van der Waals surface area contributed by atoms with Gasteiger partial charge in [0.25, 0.3) is 0 Å². The number of nitrogen functional groups attached to an aromatic ring is 1. The predicted octanol–water partition coefficient (Wildman–Crippen LogP) is 3.23. The van der Waals surface area contributed by atoms with Crippen LogP contribution < -0.4 is 5.73 Å². The molecule has 0 radical (unpaired) electrons. The van der Waals surface area contributed by atoms with Crippen LogP contribution in [0.25, 0.3) is 10.4 Å². The van der Waals surface area contributed by atoms with Gasteiger partial charge in [0.15, 0.2) is 0 Å². The molecule has 0 saturated carbocycles. The van der Waals surface area contributed by atoms with Crippen molar-refractivity contribution in [1.82, 2.24) is 0 Å². The van der Waals surface area contributed by atoms with Crippen LogP contribution in [0.4, 0.5) is 9.39 Å². The van der Waals surface area contributed by atoms with Crippen molar-refractivity contribution in [3.8, 4) is 10.4 Å². The Morgan fingerprint density at radius 3 is 2.50 bits per heavy atom. The van der Waals surface area contributed by atoms with Crippen LogP contribution in [0.1, 0.15) is 15.9 Å². The number of anilines is 1. The molecule has 0 fully saturated rings. The van der Waals surface area contributed by atoms with Crippen LogP contribution in [-0.4, -0.2) is 13.1 Å². The summed E-state index contributed by atoms with van der Waals surface area (Å²) < 4.78 is 17.6. The summed E-state index contributed by atoms with van der Waals surface area (Å²) in [6.07, 6.45) is 0. The van der Waals surface area contributed by atoms with E-state index < -0.39 is 5.97 Å². The molecule has 0 saturated heterocycles. The van der Waals surface area contributed by atoms with Gasteiger partial charge in [0.05, 0.1) is 12.7 Å². The van der Waals surface area contributed by atoms with Crippen LogP contribution in [0.2, 0.25) is 0 Å².